The van der Waals surface area contributed by atoms with E-state index in [1.54, 1.807) is 0 Å². The molecule has 0 aliphatic heterocycles. The number of ether oxygens (including phenoxy) is 1. The Bertz CT molecular complexity index is 197. The molecular formula is C13H27NO2. The largest absolute Gasteiger partial charge is 0.459 e. The summed E-state index contributed by atoms with van der Waals surface area (Å²) in [5.74, 6) is -0.134. The Morgan fingerprint density at radius 2 is 1.81 bits per heavy atom. The highest BCUT2D eigenvalue weighted by Gasteiger charge is 2.17. The van der Waals surface area contributed by atoms with Crippen LogP contribution in [0.1, 0.15) is 53.4 Å². The lowest BCUT2D eigenvalue weighted by Crippen LogP contribution is -2.33. The van der Waals surface area contributed by atoms with Crippen LogP contribution in [0.2, 0.25) is 0 Å². The monoisotopic (exact) mass is 229 g/mol. The van der Waals surface area contributed by atoms with Crippen LogP contribution in [0.4, 0.5) is 0 Å². The van der Waals surface area contributed by atoms with Crippen molar-refractivity contribution in [2.45, 2.75) is 59.0 Å². The molecule has 16 heavy (non-hydrogen) atoms. The number of nitrogens with zero attached hydrogens (tertiary/aromatic N) is 1. The van der Waals surface area contributed by atoms with Gasteiger partial charge in [0.25, 0.3) is 0 Å². The third kappa shape index (κ3) is 9.97. The van der Waals surface area contributed by atoms with Gasteiger partial charge in [0.05, 0.1) is 6.54 Å². The van der Waals surface area contributed by atoms with E-state index in [0.717, 1.165) is 13.0 Å². The van der Waals surface area contributed by atoms with Gasteiger partial charge in [-0.3, -0.25) is 9.69 Å². The van der Waals surface area contributed by atoms with Crippen molar-refractivity contribution in [1.82, 2.24) is 4.90 Å². The minimum atomic E-state index is -0.375. The molecule has 0 bridgehead atoms. The molecule has 0 heterocycles. The molecule has 3 heteroatoms. The van der Waals surface area contributed by atoms with Crippen molar-refractivity contribution < 1.29 is 9.53 Å². The van der Waals surface area contributed by atoms with Crippen molar-refractivity contribution in [3.63, 3.8) is 0 Å². The van der Waals surface area contributed by atoms with Crippen LogP contribution in [0, 0.1) is 0 Å². The summed E-state index contributed by atoms with van der Waals surface area (Å²) in [6, 6.07) is 0. The Balaban J connectivity index is 3.62. The second-order valence-corrected chi connectivity index (χ2v) is 5.38. The minimum Gasteiger partial charge on any atom is -0.459 e. The maximum Gasteiger partial charge on any atom is 0.320 e. The highest BCUT2D eigenvalue weighted by atomic mass is 16.6. The number of likely N-dealkylation sites (N-methyl/N-ethyl adjacent to an activating group) is 1. The molecule has 0 aromatic rings. The number of hydrogen-bond donors (Lipinski definition) is 0. The summed E-state index contributed by atoms with van der Waals surface area (Å²) in [6.45, 7) is 9.25. The van der Waals surface area contributed by atoms with Gasteiger partial charge in [-0.05, 0) is 40.8 Å². The molecule has 0 aromatic heterocycles. The van der Waals surface area contributed by atoms with Crippen LogP contribution in [0.3, 0.4) is 0 Å². The minimum absolute atomic E-state index is 0.134. The second-order valence-electron chi connectivity index (χ2n) is 5.38. The first-order valence-electron chi connectivity index (χ1n) is 6.25. The van der Waals surface area contributed by atoms with Gasteiger partial charge in [0.2, 0.25) is 0 Å². The van der Waals surface area contributed by atoms with E-state index in [-0.39, 0.29) is 11.6 Å². The number of rotatable bonds is 7. The Morgan fingerprint density at radius 3 is 2.31 bits per heavy atom. The molecule has 0 saturated carbocycles. The lowest BCUT2D eigenvalue weighted by atomic mass is 10.2. The summed E-state index contributed by atoms with van der Waals surface area (Å²) in [5.41, 5.74) is -0.375. The highest BCUT2D eigenvalue weighted by Crippen LogP contribution is 2.07. The van der Waals surface area contributed by atoms with E-state index in [4.69, 9.17) is 4.74 Å². The molecule has 96 valence electrons. The molecule has 0 saturated heterocycles. The Hall–Kier alpha value is -0.570. The molecular weight excluding hydrogens is 202 g/mol. The van der Waals surface area contributed by atoms with E-state index < -0.39 is 0 Å². The van der Waals surface area contributed by atoms with Gasteiger partial charge in [-0.1, -0.05) is 26.2 Å². The molecule has 0 atom stereocenters. The SMILES string of the molecule is CCCCCCN(C)CC(=O)OC(C)(C)C. The molecule has 0 aliphatic rings. The van der Waals surface area contributed by atoms with Crippen LogP contribution >= 0.6 is 0 Å². The maximum absolute atomic E-state index is 11.5. The number of hydrogen-bond acceptors (Lipinski definition) is 3. The summed E-state index contributed by atoms with van der Waals surface area (Å²) in [4.78, 5) is 13.5. The van der Waals surface area contributed by atoms with Gasteiger partial charge in [0.1, 0.15) is 5.60 Å². The predicted molar refractivity (Wildman–Crippen MR) is 67.5 cm³/mol. The maximum atomic E-state index is 11.5. The van der Waals surface area contributed by atoms with Gasteiger partial charge in [0, 0.05) is 0 Å². The van der Waals surface area contributed by atoms with Crippen molar-refractivity contribution in [1.29, 1.82) is 0 Å². The summed E-state index contributed by atoms with van der Waals surface area (Å²) in [5, 5.41) is 0. The summed E-state index contributed by atoms with van der Waals surface area (Å²) in [7, 11) is 1.97. The zero-order valence-electron chi connectivity index (χ0n) is 11.5. The first-order valence-corrected chi connectivity index (χ1v) is 6.25. The predicted octanol–water partition coefficient (Wildman–Crippen LogP) is 2.84. The van der Waals surface area contributed by atoms with Gasteiger partial charge in [-0.15, -0.1) is 0 Å². The van der Waals surface area contributed by atoms with Crippen molar-refractivity contribution in [3.05, 3.63) is 0 Å². The number of esters is 1. The zero-order valence-corrected chi connectivity index (χ0v) is 11.5. The Morgan fingerprint density at radius 1 is 1.19 bits per heavy atom. The van der Waals surface area contributed by atoms with E-state index >= 15 is 0 Å². The van der Waals surface area contributed by atoms with Crippen molar-refractivity contribution in [2.24, 2.45) is 0 Å². The molecule has 0 spiro atoms. The average molecular weight is 229 g/mol. The Labute approximate surface area is 100 Å². The van der Waals surface area contributed by atoms with Crippen LogP contribution in [-0.4, -0.2) is 36.6 Å². The van der Waals surface area contributed by atoms with E-state index in [1.165, 1.54) is 19.3 Å². The fourth-order valence-electron chi connectivity index (χ4n) is 1.48. The summed E-state index contributed by atoms with van der Waals surface area (Å²) >= 11 is 0. The number of carbonyl (C=O) groups excluding carboxylic acids is 1. The average Bonchev–Trinajstić information content (AvgIpc) is 2.09. The van der Waals surface area contributed by atoms with E-state index in [2.05, 4.69) is 6.92 Å². The molecule has 0 aromatic carbocycles. The molecule has 0 aliphatic carbocycles. The first-order chi connectivity index (χ1) is 7.35. The van der Waals surface area contributed by atoms with Crippen LogP contribution < -0.4 is 0 Å². The van der Waals surface area contributed by atoms with Gasteiger partial charge < -0.3 is 4.74 Å². The van der Waals surface area contributed by atoms with Crippen molar-refractivity contribution in [2.75, 3.05) is 20.1 Å². The lowest BCUT2D eigenvalue weighted by molar-refractivity contribution is -0.155. The summed E-state index contributed by atoms with van der Waals surface area (Å²) < 4.78 is 5.26. The molecule has 0 amide bonds. The summed E-state index contributed by atoms with van der Waals surface area (Å²) in [6.07, 6.45) is 4.93. The van der Waals surface area contributed by atoms with E-state index in [0.29, 0.717) is 6.54 Å². The van der Waals surface area contributed by atoms with Crippen LogP contribution in [0.15, 0.2) is 0 Å². The van der Waals surface area contributed by atoms with E-state index in [9.17, 15) is 4.79 Å². The topological polar surface area (TPSA) is 29.5 Å². The Kier molecular flexibility index (Phi) is 7.39. The molecule has 0 rings (SSSR count). The molecule has 0 N–H and O–H groups in total. The second kappa shape index (κ2) is 7.66. The van der Waals surface area contributed by atoms with E-state index in [1.807, 2.05) is 32.7 Å². The molecule has 0 fully saturated rings. The third-order valence-electron chi connectivity index (χ3n) is 2.21. The van der Waals surface area contributed by atoms with Gasteiger partial charge in [-0.25, -0.2) is 0 Å². The fourth-order valence-corrected chi connectivity index (χ4v) is 1.48. The van der Waals surface area contributed by atoms with Crippen LogP contribution in [0.25, 0.3) is 0 Å². The van der Waals surface area contributed by atoms with Crippen LogP contribution in [-0.2, 0) is 9.53 Å². The quantitative estimate of drug-likeness (QED) is 0.496. The van der Waals surface area contributed by atoms with Crippen LogP contribution in [0.5, 0.6) is 0 Å². The zero-order chi connectivity index (χ0) is 12.6. The standard InChI is InChI=1S/C13H27NO2/c1-6-7-8-9-10-14(5)11-12(15)16-13(2,3)4/h6-11H2,1-5H3. The number of carbonyl (C=O) groups is 1. The smallest absolute Gasteiger partial charge is 0.320 e. The molecule has 0 radical (unpaired) electrons. The van der Waals surface area contributed by atoms with Crippen molar-refractivity contribution >= 4 is 5.97 Å². The van der Waals surface area contributed by atoms with Gasteiger partial charge in [0.15, 0.2) is 0 Å². The fraction of sp³-hybridized carbons (Fsp3) is 0.923. The normalized spacial score (nSPS) is 11.9. The lowest BCUT2D eigenvalue weighted by Gasteiger charge is -2.22. The van der Waals surface area contributed by atoms with Gasteiger partial charge >= 0.3 is 5.97 Å². The molecule has 0 unspecified atom stereocenters. The first kappa shape index (κ1) is 15.4. The number of unbranched alkanes of at least 4 members (excludes halogenated alkanes) is 3. The molecule has 3 nitrogen and oxygen atoms in total. The third-order valence-corrected chi connectivity index (χ3v) is 2.21. The highest BCUT2D eigenvalue weighted by molar-refractivity contribution is 5.72. The van der Waals surface area contributed by atoms with Crippen molar-refractivity contribution in [3.8, 4) is 0 Å². The van der Waals surface area contributed by atoms with Gasteiger partial charge in [-0.2, -0.15) is 0 Å².